The molecule has 6 aromatic rings. The number of ketones is 1. The number of aliphatic hydroxyl groups excluding tert-OH is 1. The molecule has 2 aromatic heterocycles. The summed E-state index contributed by atoms with van der Waals surface area (Å²) < 4.78 is 57.7. The molecule has 4 aromatic carbocycles. The van der Waals surface area contributed by atoms with Gasteiger partial charge in [0.15, 0.2) is 5.78 Å². The predicted octanol–water partition coefficient (Wildman–Crippen LogP) is 16.2. The van der Waals surface area contributed by atoms with Gasteiger partial charge in [0.25, 0.3) is 0 Å². The number of hydrogen-bond donors (Lipinski definition) is 1. The van der Waals surface area contributed by atoms with Gasteiger partial charge in [0.2, 0.25) is 6.43 Å². The van der Waals surface area contributed by atoms with Crippen LogP contribution in [0.5, 0.6) is 0 Å². The van der Waals surface area contributed by atoms with E-state index in [1.807, 2.05) is 27.7 Å². The minimum Gasteiger partial charge on any atom is -0.512 e. The molecule has 1 unspecified atom stereocenters. The van der Waals surface area contributed by atoms with Gasteiger partial charge in [-0.2, -0.15) is 0 Å². The molecule has 0 aliphatic heterocycles. The van der Waals surface area contributed by atoms with Crippen LogP contribution in [0.2, 0.25) is 0 Å². The summed E-state index contributed by atoms with van der Waals surface area (Å²) in [5.41, 5.74) is 14.8. The number of nitrogens with zero attached hydrogens (tertiary/aromatic N) is 2. The Hall–Kier alpha value is -4.58. The largest absolute Gasteiger partial charge is 0.512 e. The van der Waals surface area contributed by atoms with Crippen molar-refractivity contribution in [3.8, 4) is 22.5 Å². The van der Waals surface area contributed by atoms with Gasteiger partial charge >= 0.3 is 0 Å². The molecule has 0 spiro atoms. The maximum Gasteiger partial charge on any atom is 0.239 e. The number of fused-ring (bicyclic) bond motifs is 2. The molecule has 1 radical (unpaired) electrons. The molecule has 1 atom stereocenters. The smallest absolute Gasteiger partial charge is 0.239 e. The van der Waals surface area contributed by atoms with E-state index in [2.05, 4.69) is 128 Å². The van der Waals surface area contributed by atoms with Gasteiger partial charge in [-0.25, -0.2) is 8.78 Å². The maximum atomic E-state index is 12.2. The number of carbonyl (C=O) groups is 1. The molecule has 0 aliphatic carbocycles. The zero-order valence-corrected chi connectivity index (χ0v) is 43.0. The molecule has 4 nitrogen and oxygen atoms in total. The van der Waals surface area contributed by atoms with Gasteiger partial charge < -0.3 is 15.1 Å². The predicted molar refractivity (Wildman–Crippen MR) is 262 cm³/mol. The van der Waals surface area contributed by atoms with Crippen molar-refractivity contribution in [3.63, 3.8) is 0 Å². The number of aryl methyl sites for hydroxylation is 8. The first-order valence-electron chi connectivity index (χ1n) is 24.4. The molecule has 0 saturated carbocycles. The Kier molecular flexibility index (Phi) is 17.8. The summed E-state index contributed by atoms with van der Waals surface area (Å²) in [4.78, 5) is 20.6. The van der Waals surface area contributed by atoms with Crippen LogP contribution >= 0.6 is 0 Å². The van der Waals surface area contributed by atoms with E-state index in [9.17, 15) is 18.7 Å². The van der Waals surface area contributed by atoms with Crippen molar-refractivity contribution in [1.82, 2.24) is 9.97 Å². The second-order valence-corrected chi connectivity index (χ2v) is 17.7. The Morgan fingerprint density at radius 1 is 0.656 bits per heavy atom. The Morgan fingerprint density at radius 2 is 1.05 bits per heavy atom. The molecule has 345 valence electrons. The Bertz CT molecular complexity index is 2600. The summed E-state index contributed by atoms with van der Waals surface area (Å²) in [6.07, 6.45) is 0.133. The number of rotatable bonds is 12. The van der Waals surface area contributed by atoms with Gasteiger partial charge in [0, 0.05) is 56.8 Å². The molecule has 7 heteroatoms. The zero-order valence-electron chi connectivity index (χ0n) is 44.6. The number of aliphatic hydroxyl groups is 1. The van der Waals surface area contributed by atoms with Crippen molar-refractivity contribution < 1.29 is 44.3 Å². The summed E-state index contributed by atoms with van der Waals surface area (Å²) in [5.74, 6) is -0.357. The number of pyridine rings is 2. The summed E-state index contributed by atoms with van der Waals surface area (Å²) in [5, 5.41) is 13.3. The van der Waals surface area contributed by atoms with Crippen LogP contribution in [0.4, 0.5) is 8.78 Å². The molecule has 0 bridgehead atoms. The summed E-state index contributed by atoms with van der Waals surface area (Å²) in [6, 6.07) is 19.7. The molecular formula is C57H70F2IrN2O2-2. The molecule has 1 N–H and O–H groups in total. The number of halogens is 2. The van der Waals surface area contributed by atoms with Crippen LogP contribution in [0.25, 0.3) is 44.1 Å². The number of aromatic nitrogens is 2. The first kappa shape index (κ1) is 47.4. The third-order valence-electron chi connectivity index (χ3n) is 11.9. The molecular weight excluding hydrogens is 975 g/mol. The maximum absolute atomic E-state index is 12.2. The summed E-state index contributed by atoms with van der Waals surface area (Å²) in [6.45, 7) is 30.7. The number of benzene rings is 4. The fourth-order valence-corrected chi connectivity index (χ4v) is 9.11. The van der Waals surface area contributed by atoms with Crippen LogP contribution < -0.4 is 0 Å². The first-order valence-corrected chi connectivity index (χ1v) is 22.4. The van der Waals surface area contributed by atoms with E-state index in [-0.39, 0.29) is 62.0 Å². The fraction of sp³-hybridized carbons (Fsp3) is 0.421. The van der Waals surface area contributed by atoms with Crippen LogP contribution in [0.15, 0.2) is 72.7 Å². The molecule has 0 saturated heterocycles. The fourth-order valence-electron chi connectivity index (χ4n) is 9.11. The minimum absolute atomic E-state index is 0. The van der Waals surface area contributed by atoms with Crippen LogP contribution in [0.3, 0.4) is 0 Å². The van der Waals surface area contributed by atoms with Crippen LogP contribution in [-0.4, -0.2) is 27.3 Å². The van der Waals surface area contributed by atoms with Crippen molar-refractivity contribution in [1.29, 1.82) is 0 Å². The molecule has 0 fully saturated rings. The molecule has 0 amide bonds. The van der Waals surface area contributed by atoms with Crippen molar-refractivity contribution in [2.45, 2.75) is 148 Å². The van der Waals surface area contributed by atoms with Crippen molar-refractivity contribution in [2.75, 3.05) is 0 Å². The summed E-state index contributed by atoms with van der Waals surface area (Å²) >= 11 is 0. The average molecular weight is 1050 g/mol. The van der Waals surface area contributed by atoms with Crippen molar-refractivity contribution in [3.05, 3.63) is 140 Å². The van der Waals surface area contributed by atoms with Gasteiger partial charge in [-0.05, 0) is 137 Å². The number of allylic oxidation sites excluding steroid dienone is 2. The van der Waals surface area contributed by atoms with E-state index in [0.29, 0.717) is 31.1 Å². The molecule has 0 aliphatic rings. The van der Waals surface area contributed by atoms with Gasteiger partial charge in [-0.1, -0.05) is 88.3 Å². The van der Waals surface area contributed by atoms with Crippen LogP contribution in [-0.2, 0) is 24.9 Å². The van der Waals surface area contributed by atoms with E-state index in [0.717, 1.165) is 83.5 Å². The Labute approximate surface area is 402 Å². The van der Waals surface area contributed by atoms with Gasteiger partial charge in [-0.15, -0.1) is 69.8 Å². The quantitative estimate of drug-likeness (QED) is 0.0754. The normalized spacial score (nSPS) is 12.9. The second kappa shape index (κ2) is 24.1. The Balaban J connectivity index is 0.000000275. The number of hydrogen-bond acceptors (Lipinski definition) is 4. The monoisotopic (exact) mass is 1050 g/mol. The average Bonchev–Trinajstić information content (AvgIpc) is 3.22. The zero-order chi connectivity index (χ0) is 50.3. The molecule has 6 rings (SSSR count). The van der Waals surface area contributed by atoms with E-state index in [1.165, 1.54) is 22.3 Å². The minimum atomic E-state index is -2.46. The van der Waals surface area contributed by atoms with Gasteiger partial charge in [0.1, 0.15) is 0 Å². The van der Waals surface area contributed by atoms with Crippen molar-refractivity contribution in [2.24, 2.45) is 11.8 Å². The number of alkyl halides is 2. The Morgan fingerprint density at radius 3 is 1.38 bits per heavy atom. The van der Waals surface area contributed by atoms with Crippen LogP contribution in [0, 0.1) is 79.4 Å². The van der Waals surface area contributed by atoms with Crippen molar-refractivity contribution >= 4 is 27.3 Å². The topological polar surface area (TPSA) is 63.1 Å². The molecule has 64 heavy (non-hydrogen) atoms. The second-order valence-electron chi connectivity index (χ2n) is 17.7. The number of carbonyl (C=O) groups excluding carboxylic acids is 1. The van der Waals surface area contributed by atoms with E-state index in [1.54, 1.807) is 6.92 Å². The first-order chi connectivity index (χ1) is 31.4. The van der Waals surface area contributed by atoms with Crippen LogP contribution in [0.1, 0.15) is 147 Å². The third kappa shape index (κ3) is 13.3. The van der Waals surface area contributed by atoms with Gasteiger partial charge in [0.05, 0.1) is 11.2 Å². The third-order valence-corrected chi connectivity index (χ3v) is 11.9. The molecule has 2 heterocycles. The van der Waals surface area contributed by atoms with E-state index >= 15 is 0 Å². The summed E-state index contributed by atoms with van der Waals surface area (Å²) in [7, 11) is 0. The van der Waals surface area contributed by atoms with E-state index in [4.69, 9.17) is 5.48 Å². The standard InChI is InChI=1S/2C22H24N.C13H22F2O2.Ir/c2*1-13(2)21-16(5)12-20-19(17(21)6)7-8-23-22(20)18-10-14(3)9-15(4)11-18;1-4-9(5-2)11(16)8-12(17)10(6-3)7-13(14)15;/h2*7-10,12-13H,1-6H3;8-10,13,17H,4-7H2,1-3H3;/q2*-1;;/b;;12-8-;/i2*7D,8D;;. The van der Waals surface area contributed by atoms with Gasteiger partial charge in [-0.3, -0.25) is 4.79 Å². The van der Waals surface area contributed by atoms with E-state index < -0.39 is 18.8 Å². The SMILES string of the molecule is CCC(CC)C(=O)/C=C(\O)C(CC)CC(F)F.[2H]c1nc(-c2[c-]c(C)cc(C)c2)c2cc(C)c(C(C)C)c(C)c2c1[2H].[2H]c1nc(-c2[c-]c(C)cc(C)c2)c2cc(C)c(C(C)C)c(C)c2c1[2H].[Ir].